The van der Waals surface area contributed by atoms with Crippen molar-refractivity contribution in [3.05, 3.63) is 64.5 Å². The van der Waals surface area contributed by atoms with Gasteiger partial charge in [-0.3, -0.25) is 9.00 Å². The van der Waals surface area contributed by atoms with Gasteiger partial charge >= 0.3 is 0 Å². The van der Waals surface area contributed by atoms with Crippen LogP contribution in [0.1, 0.15) is 27.0 Å². The van der Waals surface area contributed by atoms with E-state index in [2.05, 4.69) is 0 Å². The van der Waals surface area contributed by atoms with E-state index in [0.717, 1.165) is 16.7 Å². The maximum absolute atomic E-state index is 13.1. The molecule has 0 heterocycles. The van der Waals surface area contributed by atoms with Crippen molar-refractivity contribution in [1.29, 1.82) is 0 Å². The largest absolute Gasteiger partial charge is 0.293 e. The van der Waals surface area contributed by atoms with Crippen LogP contribution in [0.15, 0.2) is 41.3 Å². The highest BCUT2D eigenvalue weighted by molar-refractivity contribution is 7.85. The summed E-state index contributed by atoms with van der Waals surface area (Å²) in [5.74, 6) is -0.752. The molecule has 110 valence electrons. The number of halogens is 1. The maximum Gasteiger partial charge on any atom is 0.176 e. The second-order valence-electron chi connectivity index (χ2n) is 5.14. The second kappa shape index (κ2) is 6.31. The Morgan fingerprint density at radius 2 is 1.71 bits per heavy atom. The van der Waals surface area contributed by atoms with Gasteiger partial charge in [0.2, 0.25) is 0 Å². The minimum absolute atomic E-state index is 0.131. The van der Waals surface area contributed by atoms with Crippen molar-refractivity contribution < 1.29 is 13.4 Å². The Hall–Kier alpha value is -1.81. The van der Waals surface area contributed by atoms with Gasteiger partial charge in [0.25, 0.3) is 0 Å². The first kappa shape index (κ1) is 15.6. The highest BCUT2D eigenvalue weighted by Crippen LogP contribution is 2.18. The molecule has 0 N–H and O–H groups in total. The number of Topliss-reactive ketones (excluding diaryl/α,β-unsaturated/α-hetero) is 1. The van der Waals surface area contributed by atoms with E-state index in [0.29, 0.717) is 10.5 Å². The summed E-state index contributed by atoms with van der Waals surface area (Å²) in [6, 6.07) is 9.43. The first-order chi connectivity index (χ1) is 9.88. The molecule has 0 aliphatic carbocycles. The Morgan fingerprint density at radius 1 is 1.10 bits per heavy atom. The van der Waals surface area contributed by atoms with Crippen molar-refractivity contribution in [3.63, 3.8) is 0 Å². The molecule has 0 aromatic heterocycles. The van der Waals surface area contributed by atoms with Gasteiger partial charge in [-0.25, -0.2) is 4.39 Å². The van der Waals surface area contributed by atoms with Crippen LogP contribution in [0.4, 0.5) is 4.39 Å². The highest BCUT2D eigenvalue weighted by atomic mass is 32.2. The van der Waals surface area contributed by atoms with Crippen molar-refractivity contribution in [1.82, 2.24) is 0 Å². The molecule has 0 saturated heterocycles. The molecule has 2 aromatic rings. The van der Waals surface area contributed by atoms with Crippen LogP contribution in [0, 0.1) is 26.6 Å². The highest BCUT2D eigenvalue weighted by Gasteiger charge is 2.17. The van der Waals surface area contributed by atoms with Crippen LogP contribution in [0.5, 0.6) is 0 Å². The van der Waals surface area contributed by atoms with Gasteiger partial charge in [0.15, 0.2) is 5.78 Å². The average molecular weight is 304 g/mol. The Bertz CT molecular complexity index is 699. The molecule has 0 aliphatic rings. The van der Waals surface area contributed by atoms with Crippen LogP contribution in [0.2, 0.25) is 0 Å². The number of hydrogen-bond donors (Lipinski definition) is 0. The molecule has 0 fully saturated rings. The zero-order chi connectivity index (χ0) is 15.6. The van der Waals surface area contributed by atoms with E-state index in [4.69, 9.17) is 0 Å². The fraction of sp³-hybridized carbons (Fsp3) is 0.235. The normalized spacial score (nSPS) is 12.2. The summed E-state index contributed by atoms with van der Waals surface area (Å²) in [5, 5.41) is 0. The van der Waals surface area contributed by atoms with Gasteiger partial charge in [0.1, 0.15) is 5.82 Å². The molecule has 2 rings (SSSR count). The van der Waals surface area contributed by atoms with Crippen LogP contribution in [-0.4, -0.2) is 15.7 Å². The lowest BCUT2D eigenvalue weighted by molar-refractivity contribution is 0.102. The Balaban J connectivity index is 2.25. The smallest absolute Gasteiger partial charge is 0.176 e. The van der Waals surface area contributed by atoms with Crippen molar-refractivity contribution in [2.24, 2.45) is 0 Å². The Kier molecular flexibility index (Phi) is 4.68. The minimum atomic E-state index is -1.54. The van der Waals surface area contributed by atoms with Crippen molar-refractivity contribution >= 4 is 16.6 Å². The van der Waals surface area contributed by atoms with E-state index in [1.54, 1.807) is 6.07 Å². The van der Waals surface area contributed by atoms with Gasteiger partial charge in [-0.2, -0.15) is 0 Å². The molecule has 0 radical (unpaired) electrons. The third-order valence-electron chi connectivity index (χ3n) is 3.28. The van der Waals surface area contributed by atoms with Gasteiger partial charge in [-0.1, -0.05) is 23.8 Å². The van der Waals surface area contributed by atoms with Crippen LogP contribution >= 0.6 is 0 Å². The topological polar surface area (TPSA) is 34.1 Å². The molecule has 21 heavy (non-hydrogen) atoms. The quantitative estimate of drug-likeness (QED) is 0.806. The first-order valence-electron chi connectivity index (χ1n) is 6.63. The number of rotatable bonds is 4. The zero-order valence-electron chi connectivity index (χ0n) is 12.3. The van der Waals surface area contributed by atoms with Gasteiger partial charge in [0, 0.05) is 10.5 Å². The van der Waals surface area contributed by atoms with E-state index < -0.39 is 16.6 Å². The van der Waals surface area contributed by atoms with E-state index in [1.165, 1.54) is 18.2 Å². The fourth-order valence-electron chi connectivity index (χ4n) is 2.50. The number of carbonyl (C=O) groups is 1. The molecule has 1 unspecified atom stereocenters. The lowest BCUT2D eigenvalue weighted by Gasteiger charge is -2.10. The van der Waals surface area contributed by atoms with Gasteiger partial charge < -0.3 is 0 Å². The SMILES string of the molecule is Cc1cc(C)c(C(=O)CS(=O)c2cccc(F)c2)c(C)c1. The van der Waals surface area contributed by atoms with E-state index in [1.807, 2.05) is 32.9 Å². The Labute approximate surface area is 126 Å². The summed E-state index contributed by atoms with van der Waals surface area (Å²) in [6.45, 7) is 5.72. The second-order valence-corrected chi connectivity index (χ2v) is 6.60. The van der Waals surface area contributed by atoms with Crippen LogP contribution in [0.25, 0.3) is 0 Å². The first-order valence-corrected chi connectivity index (χ1v) is 7.95. The number of benzene rings is 2. The third-order valence-corrected chi connectivity index (χ3v) is 4.58. The molecule has 0 aliphatic heterocycles. The third kappa shape index (κ3) is 3.64. The van der Waals surface area contributed by atoms with E-state index in [9.17, 15) is 13.4 Å². The van der Waals surface area contributed by atoms with E-state index >= 15 is 0 Å². The molecule has 2 aromatic carbocycles. The summed E-state index contributed by atoms with van der Waals surface area (Å²) in [4.78, 5) is 12.7. The molecule has 0 amide bonds. The van der Waals surface area contributed by atoms with Gasteiger partial charge in [0.05, 0.1) is 16.6 Å². The van der Waals surface area contributed by atoms with Gasteiger partial charge in [-0.15, -0.1) is 0 Å². The minimum Gasteiger partial charge on any atom is -0.293 e. The fourth-order valence-corrected chi connectivity index (χ4v) is 3.53. The predicted octanol–water partition coefficient (Wildman–Crippen LogP) is 3.74. The predicted molar refractivity (Wildman–Crippen MR) is 82.7 cm³/mol. The molecule has 4 heteroatoms. The van der Waals surface area contributed by atoms with Gasteiger partial charge in [-0.05, 0) is 50.1 Å². The van der Waals surface area contributed by atoms with Crippen molar-refractivity contribution in [2.45, 2.75) is 25.7 Å². The number of ketones is 1. The summed E-state index contributed by atoms with van der Waals surface area (Å²) >= 11 is 0. The number of hydrogen-bond acceptors (Lipinski definition) is 2. The Morgan fingerprint density at radius 3 is 2.29 bits per heavy atom. The van der Waals surface area contributed by atoms with Crippen LogP contribution in [0.3, 0.4) is 0 Å². The molecule has 2 nitrogen and oxygen atoms in total. The number of aryl methyl sites for hydroxylation is 3. The molecule has 0 spiro atoms. The summed E-state index contributed by atoms with van der Waals surface area (Å²) in [5.41, 5.74) is 3.47. The average Bonchev–Trinajstić information content (AvgIpc) is 2.37. The summed E-state index contributed by atoms with van der Waals surface area (Å²) in [7, 11) is -1.54. The number of carbonyl (C=O) groups excluding carboxylic acids is 1. The summed E-state index contributed by atoms with van der Waals surface area (Å²) < 4.78 is 25.3. The molecular formula is C17H17FO2S. The summed E-state index contributed by atoms with van der Waals surface area (Å²) in [6.07, 6.45) is 0. The molecule has 0 bridgehead atoms. The lowest BCUT2D eigenvalue weighted by Crippen LogP contribution is -2.14. The van der Waals surface area contributed by atoms with E-state index in [-0.39, 0.29) is 11.5 Å². The standard InChI is InChI=1S/C17H17FO2S/c1-11-7-12(2)17(13(3)8-11)16(19)10-21(20)15-6-4-5-14(18)9-15/h4-9H,10H2,1-3H3. The maximum atomic E-state index is 13.1. The van der Waals surface area contributed by atoms with Crippen LogP contribution in [-0.2, 0) is 10.8 Å². The molecule has 1 atom stereocenters. The van der Waals surface area contributed by atoms with Crippen LogP contribution < -0.4 is 0 Å². The molecule has 0 saturated carbocycles. The molecular weight excluding hydrogens is 287 g/mol. The van der Waals surface area contributed by atoms with Crippen molar-refractivity contribution in [3.8, 4) is 0 Å². The monoisotopic (exact) mass is 304 g/mol. The van der Waals surface area contributed by atoms with Crippen molar-refractivity contribution in [2.75, 3.05) is 5.75 Å². The lowest BCUT2D eigenvalue weighted by atomic mass is 9.97. The zero-order valence-corrected chi connectivity index (χ0v) is 13.1.